The second kappa shape index (κ2) is 4.95. The van der Waals surface area contributed by atoms with Crippen LogP contribution in [0.4, 0.5) is 0 Å². The zero-order valence-electron chi connectivity index (χ0n) is 10.6. The zero-order chi connectivity index (χ0) is 12.7. The maximum Gasteiger partial charge on any atom is 0.189 e. The van der Waals surface area contributed by atoms with Gasteiger partial charge in [0.2, 0.25) is 0 Å². The van der Waals surface area contributed by atoms with Crippen LogP contribution in [0, 0.1) is 11.8 Å². The van der Waals surface area contributed by atoms with Crippen molar-refractivity contribution in [2.24, 2.45) is 11.8 Å². The number of hydrogen-bond acceptors (Lipinski definition) is 3. The highest BCUT2D eigenvalue weighted by Gasteiger charge is 2.39. The van der Waals surface area contributed by atoms with Crippen LogP contribution in [-0.2, 0) is 0 Å². The first-order valence-corrected chi connectivity index (χ1v) is 7.88. The molecule has 0 aromatic carbocycles. The van der Waals surface area contributed by atoms with Crippen molar-refractivity contribution in [1.29, 1.82) is 0 Å². The van der Waals surface area contributed by atoms with Gasteiger partial charge in [-0.2, -0.15) is 0 Å². The Hall–Kier alpha value is -0.380. The summed E-state index contributed by atoms with van der Waals surface area (Å²) < 4.78 is 0.698. The summed E-state index contributed by atoms with van der Waals surface area (Å²) in [5.41, 5.74) is 0. The predicted octanol–water partition coefficient (Wildman–Crippen LogP) is 3.70. The number of nitrogens with zero attached hydrogens (tertiary/aromatic N) is 1. The van der Waals surface area contributed by atoms with E-state index in [0.29, 0.717) is 4.34 Å². The molecule has 1 aliphatic heterocycles. The van der Waals surface area contributed by atoms with Gasteiger partial charge in [-0.05, 0) is 43.7 Å². The normalized spacial score (nSPS) is 29.4. The van der Waals surface area contributed by atoms with Crippen molar-refractivity contribution in [3.63, 3.8) is 0 Å². The fourth-order valence-corrected chi connectivity index (χ4v) is 4.47. The van der Waals surface area contributed by atoms with Crippen LogP contribution in [0.25, 0.3) is 0 Å². The highest BCUT2D eigenvalue weighted by atomic mass is 35.5. The third kappa shape index (κ3) is 2.24. The summed E-state index contributed by atoms with van der Waals surface area (Å²) in [7, 11) is 0. The zero-order valence-corrected chi connectivity index (χ0v) is 12.1. The van der Waals surface area contributed by atoms with Gasteiger partial charge >= 0.3 is 0 Å². The molecule has 2 nitrogen and oxygen atoms in total. The second-order valence-electron chi connectivity index (χ2n) is 5.55. The molecule has 0 N–H and O–H groups in total. The van der Waals surface area contributed by atoms with Crippen LogP contribution < -0.4 is 0 Å². The molecular weight excluding hydrogens is 266 g/mol. The fraction of sp³-hybridized carbons (Fsp3) is 0.643. The maximum atomic E-state index is 12.4. The van der Waals surface area contributed by atoms with Gasteiger partial charge in [-0.15, -0.1) is 11.3 Å². The summed E-state index contributed by atoms with van der Waals surface area (Å²) in [6.07, 6.45) is 4.09. The Labute approximate surface area is 117 Å². The molecule has 0 amide bonds. The molecular formula is C14H18ClNOS. The summed E-state index contributed by atoms with van der Waals surface area (Å²) >= 11 is 7.29. The molecule has 2 heterocycles. The van der Waals surface area contributed by atoms with Crippen LogP contribution in [0.1, 0.15) is 35.9 Å². The van der Waals surface area contributed by atoms with Gasteiger partial charge in [0.05, 0.1) is 15.3 Å². The molecule has 1 saturated carbocycles. The van der Waals surface area contributed by atoms with E-state index in [0.717, 1.165) is 29.8 Å². The van der Waals surface area contributed by atoms with Gasteiger partial charge in [0.25, 0.3) is 0 Å². The van der Waals surface area contributed by atoms with Crippen LogP contribution in [0.3, 0.4) is 0 Å². The minimum Gasteiger partial charge on any atom is -0.293 e. The van der Waals surface area contributed by atoms with E-state index in [1.54, 1.807) is 0 Å². The molecule has 3 rings (SSSR count). The topological polar surface area (TPSA) is 20.3 Å². The number of rotatable bonds is 3. The first-order chi connectivity index (χ1) is 8.65. The van der Waals surface area contributed by atoms with Crippen molar-refractivity contribution >= 4 is 28.7 Å². The quantitative estimate of drug-likeness (QED) is 0.788. The van der Waals surface area contributed by atoms with Gasteiger partial charge < -0.3 is 0 Å². The Morgan fingerprint density at radius 2 is 2.06 bits per heavy atom. The molecule has 18 heavy (non-hydrogen) atoms. The highest BCUT2D eigenvalue weighted by Crippen LogP contribution is 2.38. The number of carbonyl (C=O) groups excluding carboxylic acids is 1. The van der Waals surface area contributed by atoms with Crippen molar-refractivity contribution in [3.05, 3.63) is 21.3 Å². The third-order valence-electron chi connectivity index (χ3n) is 4.50. The summed E-state index contributed by atoms with van der Waals surface area (Å²) in [6, 6.07) is 3.67. The SMILES string of the molecule is CC(C(=O)c1ccc(Cl)s1)N1CC2CCCC2C1. The van der Waals surface area contributed by atoms with E-state index in [1.807, 2.05) is 19.1 Å². The molecule has 2 fully saturated rings. The van der Waals surface area contributed by atoms with Gasteiger partial charge in [0.15, 0.2) is 5.78 Å². The lowest BCUT2D eigenvalue weighted by Gasteiger charge is -2.23. The van der Waals surface area contributed by atoms with E-state index < -0.39 is 0 Å². The highest BCUT2D eigenvalue weighted by molar-refractivity contribution is 7.18. The van der Waals surface area contributed by atoms with E-state index in [4.69, 9.17) is 11.6 Å². The van der Waals surface area contributed by atoms with Gasteiger partial charge in [-0.25, -0.2) is 0 Å². The van der Waals surface area contributed by atoms with Gasteiger partial charge in [-0.3, -0.25) is 9.69 Å². The summed E-state index contributed by atoms with van der Waals surface area (Å²) in [4.78, 5) is 15.5. The predicted molar refractivity (Wildman–Crippen MR) is 75.5 cm³/mol. The number of carbonyl (C=O) groups is 1. The molecule has 0 spiro atoms. The number of thiophene rings is 1. The van der Waals surface area contributed by atoms with E-state index >= 15 is 0 Å². The third-order valence-corrected chi connectivity index (χ3v) is 5.74. The van der Waals surface area contributed by atoms with E-state index in [-0.39, 0.29) is 11.8 Å². The Bertz CT molecular complexity index is 446. The standard InChI is InChI=1S/C14H18ClNOS/c1-9(14(17)12-5-6-13(15)18-12)16-7-10-3-2-4-11(10)8-16/h5-6,9-11H,2-4,7-8H2,1H3. The van der Waals surface area contributed by atoms with E-state index in [1.165, 1.54) is 30.6 Å². The summed E-state index contributed by atoms with van der Waals surface area (Å²) in [5.74, 6) is 1.91. The van der Waals surface area contributed by atoms with Gasteiger partial charge in [-0.1, -0.05) is 18.0 Å². The number of ketones is 1. The van der Waals surface area contributed by atoms with E-state index in [2.05, 4.69) is 4.90 Å². The average Bonchev–Trinajstić information content (AvgIpc) is 3.00. The average molecular weight is 284 g/mol. The van der Waals surface area contributed by atoms with Crippen LogP contribution in [0.15, 0.2) is 12.1 Å². The monoisotopic (exact) mass is 283 g/mol. The maximum absolute atomic E-state index is 12.4. The largest absolute Gasteiger partial charge is 0.293 e. The van der Waals surface area contributed by atoms with E-state index in [9.17, 15) is 4.79 Å². The Morgan fingerprint density at radius 1 is 1.39 bits per heavy atom. The van der Waals surface area contributed by atoms with Crippen molar-refractivity contribution in [1.82, 2.24) is 4.90 Å². The molecule has 4 heteroatoms. The molecule has 0 bridgehead atoms. The Morgan fingerprint density at radius 3 is 2.61 bits per heavy atom. The molecule has 1 aromatic heterocycles. The van der Waals surface area contributed by atoms with Crippen molar-refractivity contribution < 1.29 is 4.79 Å². The Kier molecular flexibility index (Phi) is 3.48. The first kappa shape index (κ1) is 12.6. The molecule has 3 atom stereocenters. The van der Waals surface area contributed by atoms with Crippen LogP contribution in [0.5, 0.6) is 0 Å². The number of hydrogen-bond donors (Lipinski definition) is 0. The van der Waals surface area contributed by atoms with Crippen LogP contribution >= 0.6 is 22.9 Å². The number of fused-ring (bicyclic) bond motifs is 1. The molecule has 0 radical (unpaired) electrons. The van der Waals surface area contributed by atoms with Crippen molar-refractivity contribution in [2.45, 2.75) is 32.2 Å². The fourth-order valence-electron chi connectivity index (χ4n) is 3.41. The van der Waals surface area contributed by atoms with Gasteiger partial charge in [0, 0.05) is 13.1 Å². The van der Waals surface area contributed by atoms with Crippen LogP contribution in [0.2, 0.25) is 4.34 Å². The lowest BCUT2D eigenvalue weighted by molar-refractivity contribution is 0.0862. The number of likely N-dealkylation sites (tertiary alicyclic amines) is 1. The van der Waals surface area contributed by atoms with Gasteiger partial charge in [0.1, 0.15) is 0 Å². The van der Waals surface area contributed by atoms with Crippen molar-refractivity contribution in [3.8, 4) is 0 Å². The number of halogens is 1. The Balaban J connectivity index is 1.68. The second-order valence-corrected chi connectivity index (χ2v) is 7.26. The molecule has 2 aliphatic rings. The smallest absolute Gasteiger partial charge is 0.189 e. The summed E-state index contributed by atoms with van der Waals surface area (Å²) in [6.45, 7) is 4.25. The summed E-state index contributed by atoms with van der Waals surface area (Å²) in [5, 5.41) is 0. The van der Waals surface area contributed by atoms with Crippen molar-refractivity contribution in [2.75, 3.05) is 13.1 Å². The molecule has 1 aliphatic carbocycles. The van der Waals surface area contributed by atoms with Crippen LogP contribution in [-0.4, -0.2) is 29.8 Å². The first-order valence-electron chi connectivity index (χ1n) is 6.69. The molecule has 3 unspecified atom stereocenters. The number of Topliss-reactive ketones (excluding diaryl/α,β-unsaturated/α-hetero) is 1. The lowest BCUT2D eigenvalue weighted by atomic mass is 10.0. The molecule has 1 aromatic rings. The minimum atomic E-state index is 0.00492. The minimum absolute atomic E-state index is 0.00492. The molecule has 98 valence electrons. The molecule has 1 saturated heterocycles. The lowest BCUT2D eigenvalue weighted by Crippen LogP contribution is -2.37.